The van der Waals surface area contributed by atoms with Gasteiger partial charge in [-0.3, -0.25) is 9.69 Å². The number of unbranched alkanes of at least 4 members (excludes halogenated alkanes) is 1. The molecule has 0 spiro atoms. The zero-order valence-corrected chi connectivity index (χ0v) is 8.41. The molecule has 1 aliphatic heterocycles. The van der Waals surface area contributed by atoms with Crippen molar-refractivity contribution in [3.8, 4) is 12.3 Å². The van der Waals surface area contributed by atoms with E-state index in [4.69, 9.17) is 11.5 Å². The van der Waals surface area contributed by atoms with Crippen molar-refractivity contribution in [2.45, 2.75) is 38.1 Å². The van der Waals surface area contributed by atoms with E-state index in [0.29, 0.717) is 0 Å². The number of likely N-dealkylation sites (tertiary alicyclic amines) is 1. The lowest BCUT2D eigenvalue weighted by Gasteiger charge is -2.32. The summed E-state index contributed by atoms with van der Waals surface area (Å²) >= 11 is 0. The molecule has 0 aromatic rings. The summed E-state index contributed by atoms with van der Waals surface area (Å²) < 4.78 is 0. The molecule has 0 aromatic heterocycles. The standard InChI is InChI=1S/C11H17NO2/c1-2-3-5-8-12-9-6-4-7-10(12)11(13)14/h1,10H,3-9H2,(H,13,14). The maximum absolute atomic E-state index is 10.9. The van der Waals surface area contributed by atoms with Crippen LogP contribution in [0, 0.1) is 12.3 Å². The molecule has 3 nitrogen and oxygen atoms in total. The van der Waals surface area contributed by atoms with E-state index >= 15 is 0 Å². The van der Waals surface area contributed by atoms with E-state index in [9.17, 15) is 4.79 Å². The highest BCUT2D eigenvalue weighted by Crippen LogP contribution is 2.17. The maximum Gasteiger partial charge on any atom is 0.320 e. The number of rotatable bonds is 4. The van der Waals surface area contributed by atoms with Crippen molar-refractivity contribution in [2.75, 3.05) is 13.1 Å². The lowest BCUT2D eigenvalue weighted by atomic mass is 10.0. The van der Waals surface area contributed by atoms with Crippen LogP contribution < -0.4 is 0 Å². The lowest BCUT2D eigenvalue weighted by molar-refractivity contribution is -0.144. The molecule has 1 aliphatic rings. The average molecular weight is 195 g/mol. The highest BCUT2D eigenvalue weighted by Gasteiger charge is 2.27. The number of piperidine rings is 1. The van der Waals surface area contributed by atoms with E-state index in [0.717, 1.165) is 45.2 Å². The van der Waals surface area contributed by atoms with Gasteiger partial charge in [-0.25, -0.2) is 0 Å². The Kier molecular flexibility index (Phi) is 4.48. The van der Waals surface area contributed by atoms with Gasteiger partial charge in [-0.2, -0.15) is 0 Å². The Morgan fingerprint density at radius 1 is 1.57 bits per heavy atom. The Balaban J connectivity index is 2.38. The molecule has 1 unspecified atom stereocenters. The average Bonchev–Trinajstić information content (AvgIpc) is 2.19. The zero-order chi connectivity index (χ0) is 10.4. The summed E-state index contributed by atoms with van der Waals surface area (Å²) in [6, 6.07) is -0.276. The number of carboxylic acids is 1. The largest absolute Gasteiger partial charge is 0.480 e. The van der Waals surface area contributed by atoms with Crippen LogP contribution in [0.4, 0.5) is 0 Å². The predicted octanol–water partition coefficient (Wildman–Crippen LogP) is 1.34. The van der Waals surface area contributed by atoms with Crippen molar-refractivity contribution >= 4 is 5.97 Å². The first-order valence-electron chi connectivity index (χ1n) is 5.16. The Bertz CT molecular complexity index is 232. The molecule has 0 saturated carbocycles. The lowest BCUT2D eigenvalue weighted by Crippen LogP contribution is -2.44. The van der Waals surface area contributed by atoms with Crippen LogP contribution in [-0.2, 0) is 4.79 Å². The molecule has 78 valence electrons. The van der Waals surface area contributed by atoms with Gasteiger partial charge in [-0.05, 0) is 32.4 Å². The molecule has 1 N–H and O–H groups in total. The van der Waals surface area contributed by atoms with Crippen LogP contribution in [0.1, 0.15) is 32.1 Å². The molecule has 1 atom stereocenters. The summed E-state index contributed by atoms with van der Waals surface area (Å²) in [5, 5.41) is 8.98. The van der Waals surface area contributed by atoms with Crippen LogP contribution in [0.3, 0.4) is 0 Å². The van der Waals surface area contributed by atoms with E-state index in [1.54, 1.807) is 0 Å². The number of carbonyl (C=O) groups is 1. The minimum Gasteiger partial charge on any atom is -0.480 e. The third-order valence-electron chi connectivity index (χ3n) is 2.67. The van der Waals surface area contributed by atoms with Gasteiger partial charge in [-0.15, -0.1) is 12.3 Å². The third-order valence-corrected chi connectivity index (χ3v) is 2.67. The molecule has 0 radical (unpaired) electrons. The smallest absolute Gasteiger partial charge is 0.320 e. The normalized spacial score (nSPS) is 22.9. The van der Waals surface area contributed by atoms with Crippen LogP contribution in [0.15, 0.2) is 0 Å². The van der Waals surface area contributed by atoms with Crippen molar-refractivity contribution in [1.29, 1.82) is 0 Å². The molecule has 0 aromatic carbocycles. The Morgan fingerprint density at radius 2 is 2.36 bits per heavy atom. The van der Waals surface area contributed by atoms with Crippen molar-refractivity contribution in [3.05, 3.63) is 0 Å². The van der Waals surface area contributed by atoms with Gasteiger partial charge in [0.2, 0.25) is 0 Å². The number of hydrogen-bond donors (Lipinski definition) is 1. The minimum atomic E-state index is -0.689. The van der Waals surface area contributed by atoms with Crippen molar-refractivity contribution in [3.63, 3.8) is 0 Å². The second-order valence-corrected chi connectivity index (χ2v) is 3.69. The first kappa shape index (κ1) is 11.1. The van der Waals surface area contributed by atoms with Crippen molar-refractivity contribution in [2.24, 2.45) is 0 Å². The maximum atomic E-state index is 10.9. The minimum absolute atomic E-state index is 0.276. The summed E-state index contributed by atoms with van der Waals surface area (Å²) in [4.78, 5) is 13.0. The van der Waals surface area contributed by atoms with Gasteiger partial charge >= 0.3 is 5.97 Å². The van der Waals surface area contributed by atoms with Gasteiger partial charge in [0, 0.05) is 6.42 Å². The molecular formula is C11H17NO2. The second kappa shape index (κ2) is 5.66. The molecule has 0 amide bonds. The second-order valence-electron chi connectivity index (χ2n) is 3.69. The highest BCUT2D eigenvalue weighted by atomic mass is 16.4. The highest BCUT2D eigenvalue weighted by molar-refractivity contribution is 5.73. The Morgan fingerprint density at radius 3 is 3.00 bits per heavy atom. The van der Waals surface area contributed by atoms with E-state index < -0.39 is 5.97 Å². The van der Waals surface area contributed by atoms with E-state index in [1.807, 2.05) is 4.90 Å². The number of aliphatic carboxylic acids is 1. The zero-order valence-electron chi connectivity index (χ0n) is 8.41. The van der Waals surface area contributed by atoms with Crippen LogP contribution in [0.5, 0.6) is 0 Å². The summed E-state index contributed by atoms with van der Waals surface area (Å²) in [6.07, 6.45) is 9.72. The molecule has 0 bridgehead atoms. The fourth-order valence-corrected chi connectivity index (χ4v) is 1.92. The molecular weight excluding hydrogens is 178 g/mol. The van der Waals surface area contributed by atoms with Gasteiger partial charge in [0.05, 0.1) is 0 Å². The van der Waals surface area contributed by atoms with Gasteiger partial charge < -0.3 is 5.11 Å². The molecule has 1 saturated heterocycles. The Labute approximate surface area is 85.1 Å². The molecule has 1 rings (SSSR count). The molecule has 14 heavy (non-hydrogen) atoms. The van der Waals surface area contributed by atoms with Crippen LogP contribution in [0.2, 0.25) is 0 Å². The topological polar surface area (TPSA) is 40.5 Å². The quantitative estimate of drug-likeness (QED) is 0.543. The Hall–Kier alpha value is -1.01. The number of terminal acetylenes is 1. The molecule has 3 heteroatoms. The summed E-state index contributed by atoms with van der Waals surface area (Å²) in [5.74, 6) is 1.89. The van der Waals surface area contributed by atoms with Crippen LogP contribution >= 0.6 is 0 Å². The summed E-state index contributed by atoms with van der Waals surface area (Å²) in [5.41, 5.74) is 0. The van der Waals surface area contributed by atoms with E-state index in [2.05, 4.69) is 5.92 Å². The van der Waals surface area contributed by atoms with Crippen molar-refractivity contribution in [1.82, 2.24) is 4.90 Å². The van der Waals surface area contributed by atoms with Gasteiger partial charge in [0.15, 0.2) is 0 Å². The van der Waals surface area contributed by atoms with Gasteiger partial charge in [0.1, 0.15) is 6.04 Å². The first-order valence-corrected chi connectivity index (χ1v) is 5.16. The monoisotopic (exact) mass is 195 g/mol. The molecule has 1 fully saturated rings. The first-order chi connectivity index (χ1) is 6.75. The predicted molar refractivity (Wildman–Crippen MR) is 54.9 cm³/mol. The van der Waals surface area contributed by atoms with Gasteiger partial charge in [-0.1, -0.05) is 6.42 Å². The summed E-state index contributed by atoms with van der Waals surface area (Å²) in [6.45, 7) is 1.72. The van der Waals surface area contributed by atoms with Gasteiger partial charge in [0.25, 0.3) is 0 Å². The summed E-state index contributed by atoms with van der Waals surface area (Å²) in [7, 11) is 0. The van der Waals surface area contributed by atoms with E-state index in [1.165, 1.54) is 0 Å². The van der Waals surface area contributed by atoms with Crippen LogP contribution in [0.25, 0.3) is 0 Å². The molecule has 1 heterocycles. The fourth-order valence-electron chi connectivity index (χ4n) is 1.92. The van der Waals surface area contributed by atoms with Crippen molar-refractivity contribution < 1.29 is 9.90 Å². The number of hydrogen-bond acceptors (Lipinski definition) is 2. The van der Waals surface area contributed by atoms with Crippen LogP contribution in [-0.4, -0.2) is 35.1 Å². The number of nitrogens with zero attached hydrogens (tertiary/aromatic N) is 1. The van der Waals surface area contributed by atoms with E-state index in [-0.39, 0.29) is 6.04 Å². The number of carboxylic acid groups (broad SMARTS) is 1. The SMILES string of the molecule is C#CCCCN1CCCCC1C(=O)O. The third kappa shape index (κ3) is 3.04. The fraction of sp³-hybridized carbons (Fsp3) is 0.727. The molecule has 0 aliphatic carbocycles.